The van der Waals surface area contributed by atoms with Gasteiger partial charge in [0.15, 0.2) is 10.8 Å². The van der Waals surface area contributed by atoms with Crippen molar-refractivity contribution < 1.29 is 89.2 Å². The third-order valence-corrected chi connectivity index (χ3v) is 16.2. The molecule has 552 valence electrons. The standard InChI is InChI=1S/C39H39F3N4O6.C25H21F3N2O4.C14H20N2O3/c1-5-43-36(50)38(37(51)44-6-2,27-12-8-7-9-13-27)24-52-33(47)23-25-16-21-32(31(22-25)35(49)46(3)4)45-34(48)30-15-11-10-14-29(30)26-17-19-28(20-18-26)39(40,41)42;1-30(2)24(34)20-13-15(14-22(31)32)7-12-21(20)29-23(33)19-6-4-3-5-18(19)16-8-10-17(11-9-16)25(26,27)28;1-3-15-12(18)14(10-17,13(19)16-4-2)11-8-6-5-7-9-11/h7-22H,5-6,23-24H2,1-4H3,(H,43,50)(H,44,51)(H,45,48);3-13H,14H2,1-2H3,(H,29,33)(H,31,32);5-9,17H,3-4,10H2,1-2H3,(H,15,18)(H,16,19). The van der Waals surface area contributed by atoms with E-state index in [4.69, 9.17) is 9.84 Å². The van der Waals surface area contributed by atoms with E-state index < -0.39 is 107 Å². The van der Waals surface area contributed by atoms with Gasteiger partial charge in [0.05, 0.1) is 53.1 Å². The molecule has 27 heteroatoms. The van der Waals surface area contributed by atoms with E-state index in [2.05, 4.69) is 31.9 Å². The maximum absolute atomic E-state index is 13.6. The van der Waals surface area contributed by atoms with Crippen LogP contribution in [0.4, 0.5) is 37.7 Å². The second kappa shape index (κ2) is 37.3. The summed E-state index contributed by atoms with van der Waals surface area (Å²) in [5, 5.41) is 34.7. The van der Waals surface area contributed by atoms with Crippen LogP contribution in [0.1, 0.15) is 103 Å². The van der Waals surface area contributed by atoms with E-state index in [1.807, 2.05) is 0 Å². The number of hydrogen-bond donors (Lipinski definition) is 8. The summed E-state index contributed by atoms with van der Waals surface area (Å²) >= 11 is 0. The molecule has 0 unspecified atom stereocenters. The van der Waals surface area contributed by atoms with Gasteiger partial charge in [-0.05, 0) is 133 Å². The second-order valence-electron chi connectivity index (χ2n) is 23.9. The van der Waals surface area contributed by atoms with Crippen molar-refractivity contribution in [3.63, 3.8) is 0 Å². The topological polar surface area (TPSA) is 299 Å². The number of anilines is 2. The van der Waals surface area contributed by atoms with Gasteiger partial charge in [-0.15, -0.1) is 0 Å². The lowest BCUT2D eigenvalue weighted by atomic mass is 9.79. The van der Waals surface area contributed by atoms with Crippen molar-refractivity contribution in [3.05, 3.63) is 250 Å². The zero-order chi connectivity index (χ0) is 77.4. The number of alkyl halides is 6. The lowest BCUT2D eigenvalue weighted by Crippen LogP contribution is -2.57. The molecule has 8 aromatic rings. The van der Waals surface area contributed by atoms with Crippen LogP contribution in [0.3, 0.4) is 0 Å². The molecular weight excluding hydrogens is 1370 g/mol. The quantitative estimate of drug-likeness (QED) is 0.0150. The summed E-state index contributed by atoms with van der Waals surface area (Å²) in [6.07, 6.45) is -9.62. The number of hydrogen-bond acceptors (Lipinski definition) is 12. The zero-order valence-electron chi connectivity index (χ0n) is 58.7. The fourth-order valence-electron chi connectivity index (χ4n) is 10.8. The van der Waals surface area contributed by atoms with Crippen LogP contribution in [0, 0.1) is 0 Å². The van der Waals surface area contributed by atoms with Crippen molar-refractivity contribution >= 4 is 70.6 Å². The highest BCUT2D eigenvalue weighted by Gasteiger charge is 2.49. The van der Waals surface area contributed by atoms with Gasteiger partial charge < -0.3 is 56.7 Å². The van der Waals surface area contributed by atoms with Crippen molar-refractivity contribution in [2.75, 3.05) is 78.2 Å². The highest BCUT2D eigenvalue weighted by Crippen LogP contribution is 2.36. The van der Waals surface area contributed by atoms with Crippen LogP contribution in [0.5, 0.6) is 0 Å². The molecule has 0 aliphatic carbocycles. The lowest BCUT2D eigenvalue weighted by Gasteiger charge is -2.31. The number of aliphatic hydroxyl groups excluding tert-OH is 1. The second-order valence-corrected chi connectivity index (χ2v) is 23.9. The zero-order valence-corrected chi connectivity index (χ0v) is 58.7. The minimum Gasteiger partial charge on any atom is -0.481 e. The maximum Gasteiger partial charge on any atom is 0.416 e. The molecule has 0 saturated carbocycles. The highest BCUT2D eigenvalue weighted by atomic mass is 19.4. The third-order valence-electron chi connectivity index (χ3n) is 16.2. The van der Waals surface area contributed by atoms with Gasteiger partial charge in [-0.1, -0.05) is 133 Å². The number of ether oxygens (including phenoxy) is 1. The number of esters is 1. The van der Waals surface area contributed by atoms with Gasteiger partial charge in [-0.3, -0.25) is 47.9 Å². The number of rotatable bonds is 25. The van der Waals surface area contributed by atoms with E-state index in [0.717, 1.165) is 24.3 Å². The molecule has 8 aromatic carbocycles. The number of nitrogens with one attached hydrogen (secondary N) is 6. The fourth-order valence-corrected chi connectivity index (χ4v) is 10.8. The van der Waals surface area contributed by atoms with Crippen LogP contribution >= 0.6 is 0 Å². The monoisotopic (exact) mass is 1450 g/mol. The first-order valence-corrected chi connectivity index (χ1v) is 32.9. The van der Waals surface area contributed by atoms with Crippen LogP contribution in [0.15, 0.2) is 194 Å². The Balaban J connectivity index is 0.000000277. The SMILES string of the molecule is CCNC(=O)C(CO)(C(=O)NCC)c1ccccc1.CCNC(=O)C(COC(=O)Cc1ccc(NC(=O)c2ccccc2-c2ccc(C(F)(F)F)cc2)c(C(=O)N(C)C)c1)(C(=O)NCC)c1ccccc1.CN(C)C(=O)c1cc(CC(=O)O)ccc1NC(=O)c1ccccc1-c1ccc(C(F)(F)F)cc1. The molecule has 0 radical (unpaired) electrons. The Morgan fingerprint density at radius 2 is 0.733 bits per heavy atom. The number of likely N-dealkylation sites (N-methyl/N-ethyl adjacent to an activating group) is 4. The van der Waals surface area contributed by atoms with E-state index in [9.17, 15) is 79.4 Å². The minimum absolute atomic E-state index is 0.0546. The molecule has 105 heavy (non-hydrogen) atoms. The normalized spacial score (nSPS) is 11.2. The summed E-state index contributed by atoms with van der Waals surface area (Å²) in [6.45, 7) is 7.02. The van der Waals surface area contributed by atoms with Crippen LogP contribution in [0.2, 0.25) is 0 Å². The Hall–Kier alpha value is -12.0. The molecule has 0 heterocycles. The number of carbonyl (C=O) groups is 10. The molecule has 8 rings (SSSR count). The summed E-state index contributed by atoms with van der Waals surface area (Å²) in [5.41, 5.74) is -1.13. The largest absolute Gasteiger partial charge is 0.481 e. The first-order chi connectivity index (χ1) is 49.8. The van der Waals surface area contributed by atoms with Gasteiger partial charge in [-0.2, -0.15) is 26.3 Å². The van der Waals surface area contributed by atoms with Crippen LogP contribution < -0.4 is 31.9 Å². The fraction of sp³-hybridized carbons (Fsp3) is 0.256. The average Bonchev–Trinajstić information content (AvgIpc) is 0.782. The number of carbonyl (C=O) groups excluding carboxylic acids is 9. The summed E-state index contributed by atoms with van der Waals surface area (Å²) in [7, 11) is 6.08. The van der Waals surface area contributed by atoms with Crippen LogP contribution in [-0.2, 0) is 69.5 Å². The molecule has 0 atom stereocenters. The number of nitrogens with zero attached hydrogens (tertiary/aromatic N) is 2. The molecule has 0 aromatic heterocycles. The molecule has 0 bridgehead atoms. The molecule has 0 aliphatic heterocycles. The first-order valence-electron chi connectivity index (χ1n) is 32.9. The summed E-state index contributed by atoms with van der Waals surface area (Å²) in [5.74, 6) is -6.22. The smallest absolute Gasteiger partial charge is 0.416 e. The minimum atomic E-state index is -4.52. The Kier molecular flexibility index (Phi) is 29.1. The van der Waals surface area contributed by atoms with E-state index in [1.54, 1.807) is 125 Å². The van der Waals surface area contributed by atoms with Gasteiger partial charge in [0, 0.05) is 65.5 Å². The van der Waals surface area contributed by atoms with E-state index in [1.165, 1.54) is 111 Å². The van der Waals surface area contributed by atoms with Crippen molar-refractivity contribution in [1.29, 1.82) is 0 Å². The molecule has 0 spiro atoms. The Morgan fingerprint density at radius 1 is 0.400 bits per heavy atom. The molecule has 21 nitrogen and oxygen atoms in total. The van der Waals surface area contributed by atoms with Gasteiger partial charge in [0.1, 0.15) is 6.61 Å². The highest BCUT2D eigenvalue weighted by molar-refractivity contribution is 6.14. The molecule has 0 saturated heterocycles. The summed E-state index contributed by atoms with van der Waals surface area (Å²) in [6, 6.07) is 47.3. The molecule has 8 N–H and O–H groups in total. The average molecular weight is 1450 g/mol. The predicted molar refractivity (Wildman–Crippen MR) is 383 cm³/mol. The molecule has 8 amide bonds. The van der Waals surface area contributed by atoms with Crippen molar-refractivity contribution in [3.8, 4) is 22.3 Å². The maximum atomic E-state index is 13.6. The van der Waals surface area contributed by atoms with Crippen LogP contribution in [-0.4, -0.2) is 147 Å². The van der Waals surface area contributed by atoms with Gasteiger partial charge in [-0.25, -0.2) is 0 Å². The number of carboxylic acids is 1. The summed E-state index contributed by atoms with van der Waals surface area (Å²) < 4.78 is 83.7. The number of benzene rings is 8. The number of aliphatic carboxylic acids is 1. The van der Waals surface area contributed by atoms with E-state index >= 15 is 0 Å². The van der Waals surface area contributed by atoms with Crippen molar-refractivity contribution in [2.24, 2.45) is 0 Å². The Labute approximate surface area is 602 Å². The van der Waals surface area contributed by atoms with Gasteiger partial charge in [0.2, 0.25) is 23.6 Å². The van der Waals surface area contributed by atoms with Crippen molar-refractivity contribution in [1.82, 2.24) is 31.1 Å². The number of carboxylic acid groups (broad SMARTS) is 1. The molecule has 0 fully saturated rings. The lowest BCUT2D eigenvalue weighted by molar-refractivity contribution is -0.151. The van der Waals surface area contributed by atoms with Gasteiger partial charge in [0.25, 0.3) is 23.6 Å². The number of halogens is 6. The van der Waals surface area contributed by atoms with Gasteiger partial charge >= 0.3 is 24.3 Å². The van der Waals surface area contributed by atoms with E-state index in [0.29, 0.717) is 57.6 Å². The first kappa shape index (κ1) is 82.0. The Morgan fingerprint density at radius 3 is 1.07 bits per heavy atom. The summed E-state index contributed by atoms with van der Waals surface area (Å²) in [4.78, 5) is 131. The Bertz CT molecular complexity index is 4370. The van der Waals surface area contributed by atoms with Crippen LogP contribution in [0.25, 0.3) is 22.3 Å². The predicted octanol–water partition coefficient (Wildman–Crippen LogP) is 10.8. The number of aliphatic hydroxyl groups is 1. The molecular formula is C78H80F6N8O13. The van der Waals surface area contributed by atoms with E-state index in [-0.39, 0.29) is 59.6 Å². The molecule has 0 aliphatic rings. The number of amides is 8. The van der Waals surface area contributed by atoms with Crippen molar-refractivity contribution in [2.45, 2.75) is 63.7 Å². The third kappa shape index (κ3) is 20.9.